The van der Waals surface area contributed by atoms with E-state index in [1.54, 1.807) is 30.4 Å². The van der Waals surface area contributed by atoms with Gasteiger partial charge in [0, 0.05) is 40.2 Å². The molecule has 1 heterocycles. The summed E-state index contributed by atoms with van der Waals surface area (Å²) < 4.78 is 26.0. The summed E-state index contributed by atoms with van der Waals surface area (Å²) >= 11 is 0. The Kier molecular flexibility index (Phi) is 9.10. The smallest absolute Gasteiger partial charge is 0.223 e. The van der Waals surface area contributed by atoms with E-state index < -0.39 is 11.0 Å². The summed E-state index contributed by atoms with van der Waals surface area (Å²) in [4.78, 5) is 17.4. The van der Waals surface area contributed by atoms with E-state index in [1.807, 2.05) is 32.0 Å². The lowest BCUT2D eigenvalue weighted by atomic mass is 10.00. The highest BCUT2D eigenvalue weighted by Crippen LogP contribution is 2.26. The minimum atomic E-state index is -1.35. The summed E-state index contributed by atoms with van der Waals surface area (Å²) in [7, 11) is 5.96. The van der Waals surface area contributed by atoms with E-state index in [0.29, 0.717) is 19.7 Å². The van der Waals surface area contributed by atoms with E-state index in [4.69, 9.17) is 9.47 Å². The molecule has 0 aromatic heterocycles. The van der Waals surface area contributed by atoms with E-state index in [2.05, 4.69) is 24.1 Å². The van der Waals surface area contributed by atoms with Crippen LogP contribution in [0.25, 0.3) is 0 Å². The number of hydrogen-bond donors (Lipinski definition) is 0. The number of carbonyl (C=O) groups is 1. The second kappa shape index (κ2) is 11.8. The molecule has 0 fully saturated rings. The number of ether oxygens (including phenoxy) is 2. The van der Waals surface area contributed by atoms with E-state index in [-0.39, 0.29) is 12.3 Å². The summed E-state index contributed by atoms with van der Waals surface area (Å²) in [5, 5.41) is 0. The molecule has 1 unspecified atom stereocenters. The first-order chi connectivity index (χ1) is 16.2. The second-order valence-corrected chi connectivity index (χ2v) is 10.6. The quantitative estimate of drug-likeness (QED) is 0.515. The van der Waals surface area contributed by atoms with E-state index in [0.717, 1.165) is 47.0 Å². The SMILES string of the molecule is COc1cc(C)c(S(=O)N(C)CCC(=O)N(C)CCOc2ccc3c(c2)CN(C)CC3)c(C)c1. The Balaban J connectivity index is 1.46. The average Bonchev–Trinajstić information content (AvgIpc) is 2.81. The molecule has 1 aliphatic heterocycles. The molecule has 8 heteroatoms. The molecule has 0 N–H and O–H groups in total. The fraction of sp³-hybridized carbons (Fsp3) is 0.500. The molecule has 34 heavy (non-hydrogen) atoms. The minimum Gasteiger partial charge on any atom is -0.497 e. The summed E-state index contributed by atoms with van der Waals surface area (Å²) in [5.74, 6) is 1.60. The van der Waals surface area contributed by atoms with Crippen molar-refractivity contribution >= 4 is 16.9 Å². The first kappa shape index (κ1) is 26.2. The lowest BCUT2D eigenvalue weighted by molar-refractivity contribution is -0.130. The van der Waals surface area contributed by atoms with Crippen LogP contribution in [0.4, 0.5) is 0 Å². The molecule has 0 bridgehead atoms. The molecule has 1 atom stereocenters. The van der Waals surface area contributed by atoms with Crippen molar-refractivity contribution < 1.29 is 18.5 Å². The van der Waals surface area contributed by atoms with Crippen LogP contribution in [0.15, 0.2) is 35.2 Å². The molecule has 2 aromatic rings. The normalized spacial score (nSPS) is 14.6. The fourth-order valence-electron chi connectivity index (χ4n) is 4.18. The molecular formula is C26H37N3O4S. The predicted molar refractivity (Wildman–Crippen MR) is 136 cm³/mol. The summed E-state index contributed by atoms with van der Waals surface area (Å²) in [6, 6.07) is 10.0. The van der Waals surface area contributed by atoms with Gasteiger partial charge in [0.2, 0.25) is 5.91 Å². The van der Waals surface area contributed by atoms with Gasteiger partial charge in [0.1, 0.15) is 29.1 Å². The van der Waals surface area contributed by atoms with Crippen molar-refractivity contribution in [3.05, 3.63) is 52.6 Å². The van der Waals surface area contributed by atoms with E-state index >= 15 is 0 Å². The molecule has 2 aromatic carbocycles. The van der Waals surface area contributed by atoms with Gasteiger partial charge in [0.25, 0.3) is 0 Å². The van der Waals surface area contributed by atoms with Crippen LogP contribution in [0.2, 0.25) is 0 Å². The maximum absolute atomic E-state index is 13.1. The Hall–Kier alpha value is -2.42. The van der Waals surface area contributed by atoms with Gasteiger partial charge in [-0.1, -0.05) is 6.07 Å². The van der Waals surface area contributed by atoms with E-state index in [1.165, 1.54) is 11.1 Å². The zero-order valence-electron chi connectivity index (χ0n) is 21.2. The highest BCUT2D eigenvalue weighted by Gasteiger charge is 2.19. The first-order valence-electron chi connectivity index (χ1n) is 11.6. The molecule has 0 aliphatic carbocycles. The van der Waals surface area contributed by atoms with Crippen LogP contribution in [0.3, 0.4) is 0 Å². The first-order valence-corrected chi connectivity index (χ1v) is 12.8. The van der Waals surface area contributed by atoms with Crippen molar-refractivity contribution in [1.82, 2.24) is 14.1 Å². The molecule has 186 valence electrons. The van der Waals surface area contributed by atoms with Crippen LogP contribution < -0.4 is 9.47 Å². The topological polar surface area (TPSA) is 62.3 Å². The highest BCUT2D eigenvalue weighted by atomic mass is 32.2. The van der Waals surface area contributed by atoms with Crippen molar-refractivity contribution in [2.24, 2.45) is 0 Å². The third-order valence-corrected chi connectivity index (χ3v) is 8.01. The standard InChI is InChI=1S/C26H37N3O4S/c1-19-15-24(32-6)16-20(2)26(19)34(31)29(5)12-10-25(30)28(4)13-14-33-23-8-7-21-9-11-27(3)18-22(21)17-23/h7-8,15-17H,9-14,18H2,1-6H3. The molecule has 1 aliphatic rings. The molecule has 0 saturated carbocycles. The third-order valence-electron chi connectivity index (χ3n) is 6.27. The number of fused-ring (bicyclic) bond motifs is 1. The van der Waals surface area contributed by atoms with Crippen molar-refractivity contribution in [2.45, 2.75) is 38.1 Å². The number of carbonyl (C=O) groups excluding carboxylic acids is 1. The lowest BCUT2D eigenvalue weighted by Gasteiger charge is -2.25. The largest absolute Gasteiger partial charge is 0.497 e. The average molecular weight is 488 g/mol. The zero-order valence-corrected chi connectivity index (χ0v) is 22.0. The Morgan fingerprint density at radius 2 is 1.76 bits per heavy atom. The molecular weight excluding hydrogens is 450 g/mol. The van der Waals surface area contributed by atoms with Gasteiger partial charge in [0.05, 0.1) is 18.6 Å². The van der Waals surface area contributed by atoms with Gasteiger partial charge in [-0.2, -0.15) is 0 Å². The van der Waals surface area contributed by atoms with E-state index in [9.17, 15) is 9.00 Å². The molecule has 1 amide bonds. The maximum Gasteiger partial charge on any atom is 0.223 e. The van der Waals surface area contributed by atoms with Gasteiger partial charge in [-0.3, -0.25) is 4.79 Å². The molecule has 3 rings (SSSR count). The van der Waals surface area contributed by atoms with Gasteiger partial charge in [-0.15, -0.1) is 0 Å². The van der Waals surface area contributed by atoms with Crippen molar-refractivity contribution in [2.75, 3.05) is 54.5 Å². The Bertz CT molecular complexity index is 1020. The van der Waals surface area contributed by atoms with Gasteiger partial charge in [-0.05, 0) is 73.8 Å². The number of rotatable bonds is 10. The zero-order chi connectivity index (χ0) is 24.8. The number of aryl methyl sites for hydroxylation is 2. The summed E-state index contributed by atoms with van der Waals surface area (Å²) in [6.07, 6.45) is 1.36. The van der Waals surface area contributed by atoms with Crippen molar-refractivity contribution in [3.63, 3.8) is 0 Å². The Morgan fingerprint density at radius 1 is 1.06 bits per heavy atom. The number of amides is 1. The van der Waals surface area contributed by atoms with Crippen LogP contribution in [0, 0.1) is 13.8 Å². The van der Waals surface area contributed by atoms with Crippen LogP contribution in [-0.2, 0) is 28.7 Å². The van der Waals surface area contributed by atoms with Crippen LogP contribution in [-0.4, -0.2) is 78.7 Å². The summed E-state index contributed by atoms with van der Waals surface area (Å²) in [5.41, 5.74) is 4.53. The molecule has 0 radical (unpaired) electrons. The van der Waals surface area contributed by atoms with Gasteiger partial charge in [0.15, 0.2) is 0 Å². The van der Waals surface area contributed by atoms with Crippen molar-refractivity contribution in [1.29, 1.82) is 0 Å². The van der Waals surface area contributed by atoms with Crippen LogP contribution >= 0.6 is 0 Å². The molecule has 0 spiro atoms. The lowest BCUT2D eigenvalue weighted by Crippen LogP contribution is -2.34. The number of hydrogen-bond acceptors (Lipinski definition) is 5. The number of likely N-dealkylation sites (N-methyl/N-ethyl adjacent to an activating group) is 2. The predicted octanol–water partition coefficient (Wildman–Crippen LogP) is 3.18. The van der Waals surface area contributed by atoms with Crippen molar-refractivity contribution in [3.8, 4) is 11.5 Å². The molecule has 7 nitrogen and oxygen atoms in total. The maximum atomic E-state index is 13.1. The number of methoxy groups -OCH3 is 1. The fourth-order valence-corrected chi connectivity index (χ4v) is 5.41. The van der Waals surface area contributed by atoms with Gasteiger partial charge >= 0.3 is 0 Å². The minimum absolute atomic E-state index is 0.00249. The van der Waals surface area contributed by atoms with Crippen LogP contribution in [0.1, 0.15) is 28.7 Å². The number of nitrogens with zero attached hydrogens (tertiary/aromatic N) is 3. The third kappa shape index (κ3) is 6.58. The Labute approximate surface area is 206 Å². The summed E-state index contributed by atoms with van der Waals surface area (Å²) in [6.45, 7) is 7.21. The van der Waals surface area contributed by atoms with Crippen LogP contribution in [0.5, 0.6) is 11.5 Å². The number of benzene rings is 2. The second-order valence-electron chi connectivity index (χ2n) is 9.02. The Morgan fingerprint density at radius 3 is 2.44 bits per heavy atom. The molecule has 0 saturated heterocycles. The van der Waals surface area contributed by atoms with Gasteiger partial charge in [-0.25, -0.2) is 8.51 Å². The van der Waals surface area contributed by atoms with Gasteiger partial charge < -0.3 is 19.3 Å². The monoisotopic (exact) mass is 487 g/mol. The highest BCUT2D eigenvalue weighted by molar-refractivity contribution is 7.82.